The molecule has 2 nitrogen and oxygen atoms in total. The average Bonchev–Trinajstić information content (AvgIpc) is 3.19. The first-order chi connectivity index (χ1) is 8.36. The zero-order chi connectivity index (χ0) is 11.9. The Bertz CT molecular complexity index is 341. The first-order valence-corrected chi connectivity index (χ1v) is 6.49. The smallest absolute Gasteiger partial charge is 0.0138 e. The molecule has 0 saturated heterocycles. The molecule has 1 aliphatic carbocycles. The number of hydrogen-bond donors (Lipinski definition) is 1. The van der Waals surface area contributed by atoms with Gasteiger partial charge in [-0.2, -0.15) is 0 Å². The van der Waals surface area contributed by atoms with Crippen LogP contribution in [0.2, 0.25) is 0 Å². The van der Waals surface area contributed by atoms with Crippen molar-refractivity contribution in [3.05, 3.63) is 42.0 Å². The SMILES string of the molecule is CN(CCNC/C=C/c1ccccc1)C1CC1. The van der Waals surface area contributed by atoms with Gasteiger partial charge < -0.3 is 10.2 Å². The van der Waals surface area contributed by atoms with Crippen LogP contribution in [0.1, 0.15) is 18.4 Å². The molecule has 0 spiro atoms. The molecular formula is C15H22N2. The second kappa shape index (κ2) is 6.58. The van der Waals surface area contributed by atoms with E-state index in [1.807, 2.05) is 6.07 Å². The van der Waals surface area contributed by atoms with E-state index >= 15 is 0 Å². The highest BCUT2D eigenvalue weighted by Gasteiger charge is 2.25. The molecule has 2 heteroatoms. The minimum Gasteiger partial charge on any atom is -0.312 e. The van der Waals surface area contributed by atoms with Gasteiger partial charge >= 0.3 is 0 Å². The minimum absolute atomic E-state index is 0.872. The first-order valence-electron chi connectivity index (χ1n) is 6.49. The molecule has 17 heavy (non-hydrogen) atoms. The molecule has 0 aromatic heterocycles. The van der Waals surface area contributed by atoms with Gasteiger partial charge in [0.1, 0.15) is 0 Å². The van der Waals surface area contributed by atoms with Gasteiger partial charge in [0.25, 0.3) is 0 Å². The molecule has 1 aromatic rings. The summed E-state index contributed by atoms with van der Waals surface area (Å²) < 4.78 is 0. The van der Waals surface area contributed by atoms with E-state index in [1.165, 1.54) is 18.4 Å². The van der Waals surface area contributed by atoms with E-state index in [0.29, 0.717) is 0 Å². The molecule has 1 aliphatic rings. The fourth-order valence-electron chi connectivity index (χ4n) is 1.90. The lowest BCUT2D eigenvalue weighted by Gasteiger charge is -2.15. The van der Waals surface area contributed by atoms with Crippen LogP contribution in [-0.2, 0) is 0 Å². The summed E-state index contributed by atoms with van der Waals surface area (Å²) in [6.07, 6.45) is 7.14. The van der Waals surface area contributed by atoms with Crippen LogP contribution in [0.4, 0.5) is 0 Å². The van der Waals surface area contributed by atoms with E-state index in [0.717, 1.165) is 25.7 Å². The summed E-state index contributed by atoms with van der Waals surface area (Å²) in [7, 11) is 2.22. The number of likely N-dealkylation sites (N-methyl/N-ethyl adjacent to an activating group) is 1. The molecule has 0 atom stereocenters. The molecule has 0 amide bonds. The summed E-state index contributed by atoms with van der Waals surface area (Å²) in [6, 6.07) is 11.3. The van der Waals surface area contributed by atoms with Crippen molar-refractivity contribution in [1.29, 1.82) is 0 Å². The standard InChI is InChI=1S/C15H22N2/c1-17(15-9-10-15)13-12-16-11-5-8-14-6-3-2-4-7-14/h2-8,15-16H,9-13H2,1H3/b8-5+. The quantitative estimate of drug-likeness (QED) is 0.724. The van der Waals surface area contributed by atoms with E-state index in [4.69, 9.17) is 0 Å². The van der Waals surface area contributed by atoms with Gasteiger partial charge in [-0.15, -0.1) is 0 Å². The van der Waals surface area contributed by atoms with Crippen LogP contribution in [-0.4, -0.2) is 37.6 Å². The van der Waals surface area contributed by atoms with Crippen molar-refractivity contribution in [3.8, 4) is 0 Å². The third kappa shape index (κ3) is 4.72. The molecule has 0 heterocycles. The summed E-state index contributed by atoms with van der Waals surface area (Å²) in [6.45, 7) is 3.18. The van der Waals surface area contributed by atoms with E-state index in [1.54, 1.807) is 0 Å². The lowest BCUT2D eigenvalue weighted by molar-refractivity contribution is 0.324. The maximum Gasteiger partial charge on any atom is 0.0138 e. The molecule has 1 saturated carbocycles. The van der Waals surface area contributed by atoms with Gasteiger partial charge in [-0.05, 0) is 25.5 Å². The Morgan fingerprint density at radius 3 is 2.76 bits per heavy atom. The zero-order valence-electron chi connectivity index (χ0n) is 10.6. The van der Waals surface area contributed by atoms with Gasteiger partial charge in [-0.1, -0.05) is 42.5 Å². The second-order valence-electron chi connectivity index (χ2n) is 4.73. The fraction of sp³-hybridized carbons (Fsp3) is 0.467. The Balaban J connectivity index is 1.55. The van der Waals surface area contributed by atoms with Crippen LogP contribution in [0.5, 0.6) is 0 Å². The lowest BCUT2D eigenvalue weighted by Crippen LogP contribution is -2.30. The van der Waals surface area contributed by atoms with E-state index in [-0.39, 0.29) is 0 Å². The maximum absolute atomic E-state index is 3.44. The third-order valence-electron chi connectivity index (χ3n) is 3.18. The molecule has 92 valence electrons. The highest BCUT2D eigenvalue weighted by molar-refractivity contribution is 5.48. The van der Waals surface area contributed by atoms with Crippen molar-refractivity contribution in [2.75, 3.05) is 26.7 Å². The predicted octanol–water partition coefficient (Wildman–Crippen LogP) is 2.38. The number of hydrogen-bond acceptors (Lipinski definition) is 2. The molecule has 0 bridgehead atoms. The van der Waals surface area contributed by atoms with Crippen molar-refractivity contribution in [2.45, 2.75) is 18.9 Å². The summed E-state index contributed by atoms with van der Waals surface area (Å²) in [5.41, 5.74) is 1.27. The Kier molecular flexibility index (Phi) is 4.77. The summed E-state index contributed by atoms with van der Waals surface area (Å²) in [5.74, 6) is 0. The number of rotatable bonds is 7. The monoisotopic (exact) mass is 230 g/mol. The Morgan fingerprint density at radius 2 is 2.06 bits per heavy atom. The van der Waals surface area contributed by atoms with Gasteiger partial charge in [0.15, 0.2) is 0 Å². The van der Waals surface area contributed by atoms with Crippen molar-refractivity contribution in [3.63, 3.8) is 0 Å². The molecule has 1 fully saturated rings. The van der Waals surface area contributed by atoms with Crippen LogP contribution in [0.3, 0.4) is 0 Å². The highest BCUT2D eigenvalue weighted by Crippen LogP contribution is 2.24. The van der Waals surface area contributed by atoms with Gasteiger partial charge in [-0.25, -0.2) is 0 Å². The van der Waals surface area contributed by atoms with Crippen molar-refractivity contribution in [1.82, 2.24) is 10.2 Å². The lowest BCUT2D eigenvalue weighted by atomic mass is 10.2. The highest BCUT2D eigenvalue weighted by atomic mass is 15.2. The number of nitrogens with zero attached hydrogens (tertiary/aromatic N) is 1. The van der Waals surface area contributed by atoms with Gasteiger partial charge in [0.2, 0.25) is 0 Å². The largest absolute Gasteiger partial charge is 0.312 e. The third-order valence-corrected chi connectivity index (χ3v) is 3.18. The zero-order valence-corrected chi connectivity index (χ0v) is 10.6. The number of nitrogens with one attached hydrogen (secondary N) is 1. The molecule has 0 radical (unpaired) electrons. The molecule has 2 rings (SSSR count). The topological polar surface area (TPSA) is 15.3 Å². The molecule has 0 aliphatic heterocycles. The Morgan fingerprint density at radius 1 is 1.29 bits per heavy atom. The van der Waals surface area contributed by atoms with Crippen LogP contribution >= 0.6 is 0 Å². The molecule has 0 unspecified atom stereocenters. The van der Waals surface area contributed by atoms with Crippen LogP contribution in [0, 0.1) is 0 Å². The molecule has 1 aromatic carbocycles. The predicted molar refractivity (Wildman–Crippen MR) is 74.0 cm³/mol. The first kappa shape index (κ1) is 12.3. The van der Waals surface area contributed by atoms with Gasteiger partial charge in [0, 0.05) is 25.7 Å². The second-order valence-corrected chi connectivity index (χ2v) is 4.73. The number of benzene rings is 1. The van der Waals surface area contributed by atoms with Crippen LogP contribution in [0.25, 0.3) is 6.08 Å². The van der Waals surface area contributed by atoms with Crippen molar-refractivity contribution in [2.24, 2.45) is 0 Å². The van der Waals surface area contributed by atoms with E-state index in [9.17, 15) is 0 Å². The average molecular weight is 230 g/mol. The Labute approximate surface area is 104 Å². The summed E-state index contributed by atoms with van der Waals surface area (Å²) >= 11 is 0. The van der Waals surface area contributed by atoms with E-state index < -0.39 is 0 Å². The minimum atomic E-state index is 0.872. The maximum atomic E-state index is 3.44. The van der Waals surface area contributed by atoms with Gasteiger partial charge in [-0.3, -0.25) is 0 Å². The molecular weight excluding hydrogens is 208 g/mol. The molecule has 1 N–H and O–H groups in total. The Hall–Kier alpha value is -1.12. The van der Waals surface area contributed by atoms with Gasteiger partial charge in [0.05, 0.1) is 0 Å². The summed E-state index contributed by atoms with van der Waals surface area (Å²) in [4.78, 5) is 2.45. The van der Waals surface area contributed by atoms with Crippen LogP contribution in [0.15, 0.2) is 36.4 Å². The van der Waals surface area contributed by atoms with Crippen molar-refractivity contribution >= 4 is 6.08 Å². The summed E-state index contributed by atoms with van der Waals surface area (Å²) in [5, 5.41) is 3.44. The van der Waals surface area contributed by atoms with E-state index in [2.05, 4.69) is 53.7 Å². The normalized spacial score (nSPS) is 15.9. The van der Waals surface area contributed by atoms with Crippen LogP contribution < -0.4 is 5.32 Å². The fourth-order valence-corrected chi connectivity index (χ4v) is 1.90. The van der Waals surface area contributed by atoms with Crippen molar-refractivity contribution < 1.29 is 0 Å².